The zero-order valence-corrected chi connectivity index (χ0v) is 17.0. The molecule has 6 heteroatoms. The molecular formula is C22H22N4OS. The number of carbonyl (C=O) groups excluding carboxylic acids is 1. The van der Waals surface area contributed by atoms with Crippen LogP contribution in [-0.4, -0.2) is 26.3 Å². The van der Waals surface area contributed by atoms with Gasteiger partial charge in [0.1, 0.15) is 0 Å². The third-order valence-electron chi connectivity index (χ3n) is 4.72. The summed E-state index contributed by atoms with van der Waals surface area (Å²) in [4.78, 5) is 12.2. The molecule has 0 aliphatic heterocycles. The fourth-order valence-electron chi connectivity index (χ4n) is 3.49. The number of nitrogens with zero attached hydrogens (tertiary/aromatic N) is 3. The quantitative estimate of drug-likeness (QED) is 0.491. The summed E-state index contributed by atoms with van der Waals surface area (Å²) in [5.74, 6) is 0.639. The maximum Gasteiger partial charge on any atom is 0.225 e. The molecule has 142 valence electrons. The van der Waals surface area contributed by atoms with E-state index in [1.165, 1.54) is 22.1 Å². The van der Waals surface area contributed by atoms with Gasteiger partial charge in [-0.2, -0.15) is 0 Å². The van der Waals surface area contributed by atoms with Crippen molar-refractivity contribution in [1.82, 2.24) is 14.6 Å². The summed E-state index contributed by atoms with van der Waals surface area (Å²) in [6, 6.07) is 16.0. The number of nitrogens with one attached hydrogen (secondary N) is 1. The van der Waals surface area contributed by atoms with Crippen LogP contribution in [0, 0.1) is 20.8 Å². The van der Waals surface area contributed by atoms with Crippen LogP contribution in [0.15, 0.2) is 53.7 Å². The molecule has 0 unspecified atom stereocenters. The molecule has 28 heavy (non-hydrogen) atoms. The Morgan fingerprint density at radius 1 is 1.04 bits per heavy atom. The molecule has 0 radical (unpaired) electrons. The SMILES string of the molecule is Cc1cc(C)c2c(c1)c(C)cc1nnc(SCCC(=O)Nc3ccccc3)n12. The van der Waals surface area contributed by atoms with Crippen LogP contribution < -0.4 is 5.32 Å². The third kappa shape index (κ3) is 3.60. The van der Waals surface area contributed by atoms with Crippen molar-refractivity contribution in [2.75, 3.05) is 11.1 Å². The average Bonchev–Trinajstić information content (AvgIpc) is 3.05. The molecule has 4 aromatic rings. The molecule has 2 heterocycles. The van der Waals surface area contributed by atoms with Crippen LogP contribution >= 0.6 is 11.8 Å². The van der Waals surface area contributed by atoms with Gasteiger partial charge in [-0.3, -0.25) is 9.20 Å². The van der Waals surface area contributed by atoms with Gasteiger partial charge in [-0.25, -0.2) is 0 Å². The third-order valence-corrected chi connectivity index (χ3v) is 5.65. The lowest BCUT2D eigenvalue weighted by atomic mass is 10.0. The summed E-state index contributed by atoms with van der Waals surface area (Å²) in [5, 5.41) is 13.7. The number of rotatable bonds is 5. The number of aryl methyl sites for hydroxylation is 3. The zero-order valence-electron chi connectivity index (χ0n) is 16.2. The smallest absolute Gasteiger partial charge is 0.225 e. The molecule has 0 saturated carbocycles. The topological polar surface area (TPSA) is 59.3 Å². The maximum absolute atomic E-state index is 12.2. The largest absolute Gasteiger partial charge is 0.326 e. The summed E-state index contributed by atoms with van der Waals surface area (Å²) in [6.45, 7) is 6.34. The number of aromatic nitrogens is 3. The van der Waals surface area contributed by atoms with E-state index < -0.39 is 0 Å². The van der Waals surface area contributed by atoms with Gasteiger partial charge in [0.05, 0.1) is 5.52 Å². The number of pyridine rings is 1. The zero-order chi connectivity index (χ0) is 19.7. The molecule has 0 saturated heterocycles. The molecule has 4 rings (SSSR count). The van der Waals surface area contributed by atoms with Gasteiger partial charge in [-0.05, 0) is 56.2 Å². The number of thioether (sulfide) groups is 1. The van der Waals surface area contributed by atoms with Crippen LogP contribution in [0.3, 0.4) is 0 Å². The van der Waals surface area contributed by atoms with E-state index in [1.807, 2.05) is 30.3 Å². The molecule has 0 fully saturated rings. The van der Waals surface area contributed by atoms with Crippen LogP contribution in [0.2, 0.25) is 0 Å². The summed E-state index contributed by atoms with van der Waals surface area (Å²) < 4.78 is 2.11. The Morgan fingerprint density at radius 3 is 2.61 bits per heavy atom. The lowest BCUT2D eigenvalue weighted by molar-refractivity contribution is -0.115. The van der Waals surface area contributed by atoms with Crippen molar-refractivity contribution < 1.29 is 4.79 Å². The number of para-hydroxylation sites is 1. The highest BCUT2D eigenvalue weighted by Gasteiger charge is 2.14. The van der Waals surface area contributed by atoms with Crippen molar-refractivity contribution >= 4 is 39.9 Å². The molecule has 1 amide bonds. The van der Waals surface area contributed by atoms with Gasteiger partial charge in [-0.1, -0.05) is 41.6 Å². The number of hydrogen-bond donors (Lipinski definition) is 1. The highest BCUT2D eigenvalue weighted by molar-refractivity contribution is 7.99. The van der Waals surface area contributed by atoms with Crippen molar-refractivity contribution in [3.05, 3.63) is 65.2 Å². The van der Waals surface area contributed by atoms with Gasteiger partial charge in [-0.15, -0.1) is 10.2 Å². The predicted octanol–water partition coefficient (Wildman–Crippen LogP) is 4.93. The van der Waals surface area contributed by atoms with E-state index in [9.17, 15) is 4.79 Å². The molecular weight excluding hydrogens is 368 g/mol. The first-order valence-electron chi connectivity index (χ1n) is 9.26. The molecule has 0 aliphatic carbocycles. The Balaban J connectivity index is 1.56. The molecule has 0 aliphatic rings. The van der Waals surface area contributed by atoms with Crippen LogP contribution in [0.25, 0.3) is 16.6 Å². The highest BCUT2D eigenvalue weighted by Crippen LogP contribution is 2.29. The van der Waals surface area contributed by atoms with Crippen LogP contribution in [0.5, 0.6) is 0 Å². The highest BCUT2D eigenvalue weighted by atomic mass is 32.2. The lowest BCUT2D eigenvalue weighted by Crippen LogP contribution is -2.12. The summed E-state index contributed by atoms with van der Waals surface area (Å²) in [6.07, 6.45) is 0.413. The van der Waals surface area contributed by atoms with Gasteiger partial charge >= 0.3 is 0 Å². The van der Waals surface area contributed by atoms with Crippen molar-refractivity contribution in [2.24, 2.45) is 0 Å². The van der Waals surface area contributed by atoms with Gasteiger partial charge in [0.2, 0.25) is 5.91 Å². The fourth-order valence-corrected chi connectivity index (χ4v) is 4.37. The molecule has 1 N–H and O–H groups in total. The van der Waals surface area contributed by atoms with E-state index in [4.69, 9.17) is 0 Å². The fraction of sp³-hybridized carbons (Fsp3) is 0.227. The Bertz CT molecular complexity index is 1170. The Labute approximate surface area is 168 Å². The first-order valence-corrected chi connectivity index (χ1v) is 10.2. The monoisotopic (exact) mass is 390 g/mol. The molecule has 0 atom stereocenters. The minimum atomic E-state index is 0.0000266. The number of benzene rings is 2. The predicted molar refractivity (Wildman–Crippen MR) is 115 cm³/mol. The number of amides is 1. The molecule has 2 aromatic carbocycles. The molecule has 0 bridgehead atoms. The maximum atomic E-state index is 12.2. The summed E-state index contributed by atoms with van der Waals surface area (Å²) in [5.41, 5.74) is 6.44. The van der Waals surface area contributed by atoms with Crippen molar-refractivity contribution in [1.29, 1.82) is 0 Å². The van der Waals surface area contributed by atoms with Crippen LogP contribution in [0.1, 0.15) is 23.1 Å². The van der Waals surface area contributed by atoms with E-state index in [0.29, 0.717) is 12.2 Å². The number of hydrogen-bond acceptors (Lipinski definition) is 4. The minimum Gasteiger partial charge on any atom is -0.326 e. The van der Waals surface area contributed by atoms with Gasteiger partial charge in [0, 0.05) is 23.2 Å². The summed E-state index contributed by atoms with van der Waals surface area (Å²) in [7, 11) is 0. The first kappa shape index (κ1) is 18.5. The van der Waals surface area contributed by atoms with Gasteiger partial charge in [0.25, 0.3) is 0 Å². The lowest BCUT2D eigenvalue weighted by Gasteiger charge is -2.11. The molecule has 5 nitrogen and oxygen atoms in total. The Kier molecular flexibility index (Phi) is 5.05. The van der Waals surface area contributed by atoms with Crippen molar-refractivity contribution in [3.63, 3.8) is 0 Å². The van der Waals surface area contributed by atoms with Crippen molar-refractivity contribution in [2.45, 2.75) is 32.3 Å². The minimum absolute atomic E-state index is 0.0000266. The second-order valence-corrected chi connectivity index (χ2v) is 8.06. The average molecular weight is 391 g/mol. The number of fused-ring (bicyclic) bond motifs is 3. The van der Waals surface area contributed by atoms with E-state index in [1.54, 1.807) is 11.8 Å². The van der Waals surface area contributed by atoms with Crippen LogP contribution in [0.4, 0.5) is 5.69 Å². The molecule has 2 aromatic heterocycles. The first-order chi connectivity index (χ1) is 13.5. The van der Waals surface area contributed by atoms with Crippen molar-refractivity contribution in [3.8, 4) is 0 Å². The Hall–Kier alpha value is -2.86. The Morgan fingerprint density at radius 2 is 1.82 bits per heavy atom. The van der Waals surface area contributed by atoms with E-state index in [-0.39, 0.29) is 5.91 Å². The summed E-state index contributed by atoms with van der Waals surface area (Å²) >= 11 is 1.56. The van der Waals surface area contributed by atoms with E-state index in [0.717, 1.165) is 22.0 Å². The normalized spacial score (nSPS) is 11.2. The standard InChI is InChI=1S/C22H22N4OS/c1-14-11-16(3)21-18(12-14)15(2)13-19-24-25-22(26(19)21)28-10-9-20(27)23-17-7-5-4-6-8-17/h4-8,11-13H,9-10H2,1-3H3,(H,23,27). The van der Waals surface area contributed by atoms with Gasteiger partial charge < -0.3 is 5.32 Å². The van der Waals surface area contributed by atoms with E-state index in [2.05, 4.69) is 58.9 Å². The molecule has 0 spiro atoms. The van der Waals surface area contributed by atoms with E-state index >= 15 is 0 Å². The second kappa shape index (κ2) is 7.64. The second-order valence-electron chi connectivity index (χ2n) is 6.99. The van der Waals surface area contributed by atoms with Crippen LogP contribution in [-0.2, 0) is 4.79 Å². The van der Waals surface area contributed by atoms with Gasteiger partial charge in [0.15, 0.2) is 10.8 Å². The number of anilines is 1. The number of carbonyl (C=O) groups is 1.